The smallest absolute Gasteiger partial charge is 0.295 e. The van der Waals surface area contributed by atoms with E-state index in [1.165, 1.54) is 30.5 Å². The molecule has 0 aliphatic rings. The van der Waals surface area contributed by atoms with Crippen LogP contribution in [0, 0.1) is 10.1 Å². The Labute approximate surface area is 180 Å². The summed E-state index contributed by atoms with van der Waals surface area (Å²) in [7, 11) is 0. The molecule has 0 spiro atoms. The Hall–Kier alpha value is -3.18. The van der Waals surface area contributed by atoms with Gasteiger partial charge >= 0.3 is 0 Å². The van der Waals surface area contributed by atoms with Crippen LogP contribution in [0.25, 0.3) is 11.3 Å². The lowest BCUT2D eigenvalue weighted by molar-refractivity contribution is -0.384. The molecule has 12 heteroatoms. The van der Waals surface area contributed by atoms with E-state index in [0.717, 1.165) is 0 Å². The Balaban J connectivity index is 1.68. The summed E-state index contributed by atoms with van der Waals surface area (Å²) in [6.45, 7) is 0.901. The summed E-state index contributed by atoms with van der Waals surface area (Å²) in [5, 5.41) is 36.0. The first-order valence-electron chi connectivity index (χ1n) is 8.57. The van der Waals surface area contributed by atoms with Crippen LogP contribution in [-0.4, -0.2) is 38.4 Å². The number of nitrogens with one attached hydrogen (secondary N) is 2. The summed E-state index contributed by atoms with van der Waals surface area (Å²) in [6, 6.07) is 10.6. The summed E-state index contributed by atoms with van der Waals surface area (Å²) < 4.78 is 0. The van der Waals surface area contributed by atoms with Gasteiger partial charge in [0.2, 0.25) is 0 Å². The van der Waals surface area contributed by atoms with Crippen molar-refractivity contribution in [3.05, 3.63) is 68.8 Å². The van der Waals surface area contributed by atoms with Crippen LogP contribution in [-0.2, 0) is 0 Å². The van der Waals surface area contributed by atoms with Gasteiger partial charge in [0, 0.05) is 29.7 Å². The predicted octanol–water partition coefficient (Wildman–Crippen LogP) is 4.47. The molecule has 10 nitrogen and oxygen atoms in total. The van der Waals surface area contributed by atoms with Gasteiger partial charge in [-0.15, -0.1) is 5.23 Å². The zero-order chi connectivity index (χ0) is 21.7. The highest BCUT2D eigenvalue weighted by Crippen LogP contribution is 2.35. The fraction of sp³-hybridized carbons (Fsp3) is 0.111. The lowest BCUT2D eigenvalue weighted by Crippen LogP contribution is -2.16. The number of hydrogen-bond acceptors (Lipinski definition) is 9. The average molecular weight is 451 g/mol. The van der Waals surface area contributed by atoms with Gasteiger partial charge in [0.15, 0.2) is 5.69 Å². The molecule has 0 amide bonds. The molecule has 0 bridgehead atoms. The van der Waals surface area contributed by atoms with E-state index in [1.54, 1.807) is 18.2 Å². The van der Waals surface area contributed by atoms with Crippen molar-refractivity contribution in [1.82, 2.24) is 9.97 Å². The van der Waals surface area contributed by atoms with Gasteiger partial charge in [0.05, 0.1) is 16.1 Å². The van der Waals surface area contributed by atoms with Crippen LogP contribution in [0.3, 0.4) is 0 Å². The molecule has 0 radical (unpaired) electrons. The molecule has 0 aliphatic heterocycles. The second kappa shape index (κ2) is 9.55. The molecule has 0 fully saturated rings. The maximum Gasteiger partial charge on any atom is 0.295 e. The predicted molar refractivity (Wildman–Crippen MR) is 114 cm³/mol. The number of halogens is 2. The van der Waals surface area contributed by atoms with E-state index in [4.69, 9.17) is 33.6 Å². The third kappa shape index (κ3) is 5.24. The van der Waals surface area contributed by atoms with Gasteiger partial charge in [-0.2, -0.15) is 0 Å². The van der Waals surface area contributed by atoms with Crippen LogP contribution >= 0.6 is 23.2 Å². The van der Waals surface area contributed by atoms with Crippen LogP contribution in [0.15, 0.2) is 48.7 Å². The molecule has 156 valence electrons. The topological polar surface area (TPSA) is 137 Å². The van der Waals surface area contributed by atoms with Crippen molar-refractivity contribution in [2.24, 2.45) is 0 Å². The third-order valence-corrected chi connectivity index (χ3v) is 4.52. The van der Waals surface area contributed by atoms with Crippen molar-refractivity contribution in [2.45, 2.75) is 0 Å². The van der Waals surface area contributed by atoms with Crippen molar-refractivity contribution in [3.63, 3.8) is 0 Å². The molecule has 0 unspecified atom stereocenters. The molecule has 2 heterocycles. The van der Waals surface area contributed by atoms with Crippen LogP contribution in [0.1, 0.15) is 0 Å². The van der Waals surface area contributed by atoms with E-state index in [0.29, 0.717) is 35.3 Å². The first-order valence-corrected chi connectivity index (χ1v) is 9.33. The van der Waals surface area contributed by atoms with E-state index < -0.39 is 4.92 Å². The van der Waals surface area contributed by atoms with Crippen molar-refractivity contribution in [2.75, 3.05) is 28.9 Å². The summed E-state index contributed by atoms with van der Waals surface area (Å²) in [5.41, 5.74) is 0.492. The van der Waals surface area contributed by atoms with Gasteiger partial charge in [-0.05, 0) is 36.4 Å². The Morgan fingerprint density at radius 1 is 1.03 bits per heavy atom. The zero-order valence-electron chi connectivity index (χ0n) is 15.3. The first kappa shape index (κ1) is 21.5. The molecule has 0 saturated carbocycles. The molecular formula is C18H16Cl2N6O4. The molecule has 3 rings (SSSR count). The fourth-order valence-electron chi connectivity index (χ4n) is 2.57. The van der Waals surface area contributed by atoms with Crippen molar-refractivity contribution >= 4 is 46.2 Å². The number of benzene rings is 1. The highest BCUT2D eigenvalue weighted by atomic mass is 35.5. The Bertz CT molecular complexity index is 1050. The van der Waals surface area contributed by atoms with E-state index in [1.807, 2.05) is 0 Å². The number of hydrogen-bond donors (Lipinski definition) is 4. The second-order valence-corrected chi connectivity index (χ2v) is 6.83. The maximum absolute atomic E-state index is 11.4. The van der Waals surface area contributed by atoms with Crippen LogP contribution in [0.5, 0.6) is 0 Å². The monoisotopic (exact) mass is 450 g/mol. The minimum Gasteiger partial charge on any atom is -0.368 e. The molecule has 3 aromatic rings. The van der Waals surface area contributed by atoms with E-state index >= 15 is 0 Å². The number of aromatic nitrogens is 2. The maximum atomic E-state index is 11.4. The van der Waals surface area contributed by atoms with E-state index in [-0.39, 0.29) is 27.3 Å². The number of nitro groups is 1. The summed E-state index contributed by atoms with van der Waals surface area (Å²) in [6.07, 6.45) is 1.29. The lowest BCUT2D eigenvalue weighted by Gasteiger charge is -2.11. The highest BCUT2D eigenvalue weighted by molar-refractivity contribution is 6.36. The summed E-state index contributed by atoms with van der Waals surface area (Å²) in [5.74, 6) is 0.968. The van der Waals surface area contributed by atoms with Crippen LogP contribution in [0.4, 0.5) is 23.0 Å². The molecule has 2 aromatic heterocycles. The van der Waals surface area contributed by atoms with E-state index in [9.17, 15) is 10.1 Å². The minimum absolute atomic E-state index is 0.0247. The molecule has 1 aromatic carbocycles. The SMILES string of the molecule is O=[N+]([O-])c1ccc(NCCNc2ccc(N(O)O)cn2)nc1-c1ccc(Cl)cc1Cl. The van der Waals surface area contributed by atoms with Gasteiger partial charge in [-0.25, -0.2) is 9.97 Å². The van der Waals surface area contributed by atoms with Crippen molar-refractivity contribution < 1.29 is 15.3 Å². The largest absolute Gasteiger partial charge is 0.368 e. The average Bonchev–Trinajstić information content (AvgIpc) is 2.71. The third-order valence-electron chi connectivity index (χ3n) is 3.97. The minimum atomic E-state index is -0.520. The highest BCUT2D eigenvalue weighted by Gasteiger charge is 2.20. The Morgan fingerprint density at radius 3 is 2.33 bits per heavy atom. The quantitative estimate of drug-likeness (QED) is 0.222. The molecular weight excluding hydrogens is 435 g/mol. The zero-order valence-corrected chi connectivity index (χ0v) is 16.8. The standard InChI is InChI=1S/C18H16Cl2N6O4/c19-11-1-3-13(14(20)9-11)18-15(26(29)30)4-6-17(24-18)22-8-7-21-16-5-2-12(10-23-16)25(27)28/h1-6,9-10,27-28H,7-8H2,(H,21,23)(H,22,24). The normalized spacial score (nSPS) is 10.5. The van der Waals surface area contributed by atoms with Gasteiger partial charge in [0.1, 0.15) is 17.3 Å². The van der Waals surface area contributed by atoms with Crippen LogP contribution < -0.4 is 15.9 Å². The molecule has 0 saturated heterocycles. The number of rotatable bonds is 8. The number of nitrogens with zero attached hydrogens (tertiary/aromatic N) is 4. The summed E-state index contributed by atoms with van der Waals surface area (Å²) >= 11 is 12.1. The molecule has 4 N–H and O–H groups in total. The summed E-state index contributed by atoms with van der Waals surface area (Å²) in [4.78, 5) is 19.2. The second-order valence-electron chi connectivity index (χ2n) is 5.99. The molecule has 0 atom stereocenters. The van der Waals surface area contributed by atoms with Crippen molar-refractivity contribution in [3.8, 4) is 11.3 Å². The fourth-order valence-corrected chi connectivity index (χ4v) is 3.07. The van der Waals surface area contributed by atoms with Gasteiger partial charge in [-0.3, -0.25) is 20.5 Å². The van der Waals surface area contributed by atoms with Gasteiger partial charge in [-0.1, -0.05) is 23.2 Å². The number of pyridine rings is 2. The van der Waals surface area contributed by atoms with Gasteiger partial charge < -0.3 is 10.6 Å². The van der Waals surface area contributed by atoms with E-state index in [2.05, 4.69) is 20.6 Å². The van der Waals surface area contributed by atoms with Crippen molar-refractivity contribution in [1.29, 1.82) is 0 Å². The lowest BCUT2D eigenvalue weighted by atomic mass is 10.1. The molecule has 30 heavy (non-hydrogen) atoms. The van der Waals surface area contributed by atoms with Crippen LogP contribution in [0.2, 0.25) is 10.0 Å². The van der Waals surface area contributed by atoms with Gasteiger partial charge in [0.25, 0.3) is 5.69 Å². The number of anilines is 3. The first-order chi connectivity index (χ1) is 14.3. The Morgan fingerprint density at radius 2 is 1.73 bits per heavy atom. The molecule has 0 aliphatic carbocycles. The Kier molecular flexibility index (Phi) is 6.85.